The maximum atomic E-state index is 5.64. The number of thiophene rings is 1. The summed E-state index contributed by atoms with van der Waals surface area (Å²) < 4.78 is 0. The Kier molecular flexibility index (Phi) is 1.94. The van der Waals surface area contributed by atoms with Crippen molar-refractivity contribution in [1.29, 1.82) is 0 Å². The maximum Gasteiger partial charge on any atom is 0.0862 e. The van der Waals surface area contributed by atoms with E-state index in [0.29, 0.717) is 0 Å². The number of nitrogens with two attached hydrogens (primary N) is 2. The average molecular weight is 190 g/mol. The minimum atomic E-state index is 0.784. The highest BCUT2D eigenvalue weighted by molar-refractivity contribution is 7.14. The van der Waals surface area contributed by atoms with E-state index in [1.54, 1.807) is 11.3 Å². The van der Waals surface area contributed by atoms with Crippen LogP contribution in [0.15, 0.2) is 35.7 Å². The number of anilines is 2. The molecule has 66 valence electrons. The number of benzene rings is 1. The lowest BCUT2D eigenvalue weighted by atomic mass is 10.1. The third kappa shape index (κ3) is 1.65. The van der Waals surface area contributed by atoms with Crippen LogP contribution in [0, 0.1) is 0 Å². The summed E-state index contributed by atoms with van der Waals surface area (Å²) in [6.07, 6.45) is 0. The molecule has 0 saturated heterocycles. The van der Waals surface area contributed by atoms with Gasteiger partial charge in [-0.3, -0.25) is 0 Å². The van der Waals surface area contributed by atoms with E-state index >= 15 is 0 Å². The van der Waals surface area contributed by atoms with Crippen molar-refractivity contribution in [3.8, 4) is 11.1 Å². The fourth-order valence-corrected chi connectivity index (χ4v) is 1.84. The largest absolute Gasteiger partial charge is 0.399 e. The number of nitrogen functional groups attached to an aromatic ring is 2. The summed E-state index contributed by atoms with van der Waals surface area (Å²) in [6.45, 7) is 0. The fraction of sp³-hybridized carbons (Fsp3) is 0. The van der Waals surface area contributed by atoms with Crippen molar-refractivity contribution in [2.75, 3.05) is 11.5 Å². The van der Waals surface area contributed by atoms with Crippen molar-refractivity contribution in [3.63, 3.8) is 0 Å². The van der Waals surface area contributed by atoms with E-state index in [0.717, 1.165) is 21.8 Å². The van der Waals surface area contributed by atoms with Crippen LogP contribution in [0.5, 0.6) is 0 Å². The van der Waals surface area contributed by atoms with Crippen molar-refractivity contribution in [3.05, 3.63) is 35.7 Å². The van der Waals surface area contributed by atoms with Crippen molar-refractivity contribution >= 4 is 22.0 Å². The summed E-state index contributed by atoms with van der Waals surface area (Å²) in [5.41, 5.74) is 14.3. The zero-order valence-electron chi connectivity index (χ0n) is 7.03. The molecule has 0 spiro atoms. The zero-order chi connectivity index (χ0) is 9.26. The quantitative estimate of drug-likeness (QED) is 0.679. The van der Waals surface area contributed by atoms with Gasteiger partial charge in [0.05, 0.1) is 5.00 Å². The Bertz CT molecular complexity index is 403. The molecule has 0 bridgehead atoms. The molecule has 0 aliphatic rings. The van der Waals surface area contributed by atoms with E-state index in [9.17, 15) is 0 Å². The molecule has 0 atom stereocenters. The van der Waals surface area contributed by atoms with Crippen LogP contribution in [0.4, 0.5) is 10.7 Å². The number of hydrogen-bond donors (Lipinski definition) is 2. The number of rotatable bonds is 1. The lowest BCUT2D eigenvalue weighted by Gasteiger charge is -1.97. The fourth-order valence-electron chi connectivity index (χ4n) is 1.18. The van der Waals surface area contributed by atoms with E-state index in [1.807, 2.05) is 35.7 Å². The Balaban J connectivity index is 2.41. The molecule has 13 heavy (non-hydrogen) atoms. The van der Waals surface area contributed by atoms with Gasteiger partial charge in [0.25, 0.3) is 0 Å². The predicted octanol–water partition coefficient (Wildman–Crippen LogP) is 2.58. The highest BCUT2D eigenvalue weighted by atomic mass is 32.1. The summed E-state index contributed by atoms with van der Waals surface area (Å²) in [5.74, 6) is 0. The normalized spacial score (nSPS) is 10.2. The summed E-state index contributed by atoms with van der Waals surface area (Å²) in [5, 5.41) is 2.88. The second-order valence-corrected chi connectivity index (χ2v) is 3.80. The molecule has 4 N–H and O–H groups in total. The van der Waals surface area contributed by atoms with E-state index in [1.165, 1.54) is 0 Å². The van der Waals surface area contributed by atoms with Crippen molar-refractivity contribution < 1.29 is 0 Å². The van der Waals surface area contributed by atoms with Crippen LogP contribution in [-0.4, -0.2) is 0 Å². The molecule has 0 saturated carbocycles. The first-order valence-corrected chi connectivity index (χ1v) is 4.83. The first kappa shape index (κ1) is 8.13. The monoisotopic (exact) mass is 190 g/mol. The Morgan fingerprint density at radius 2 is 1.62 bits per heavy atom. The van der Waals surface area contributed by atoms with Crippen LogP contribution in [0.25, 0.3) is 11.1 Å². The van der Waals surface area contributed by atoms with Crippen LogP contribution < -0.4 is 11.5 Å². The standard InChI is InChI=1S/C10H10N2S/c11-9-3-1-7(2-4-9)8-5-10(12)13-6-8/h1-6H,11-12H2. The molecule has 0 aliphatic heterocycles. The van der Waals surface area contributed by atoms with Gasteiger partial charge in [-0.15, -0.1) is 11.3 Å². The Morgan fingerprint density at radius 3 is 2.15 bits per heavy atom. The van der Waals surface area contributed by atoms with Crippen molar-refractivity contribution in [1.82, 2.24) is 0 Å². The van der Waals surface area contributed by atoms with Crippen molar-refractivity contribution in [2.45, 2.75) is 0 Å². The van der Waals surface area contributed by atoms with Gasteiger partial charge in [0.2, 0.25) is 0 Å². The summed E-state index contributed by atoms with van der Waals surface area (Å²) in [4.78, 5) is 0. The molecular formula is C10H10N2S. The van der Waals surface area contributed by atoms with E-state index in [-0.39, 0.29) is 0 Å². The van der Waals surface area contributed by atoms with Gasteiger partial charge >= 0.3 is 0 Å². The van der Waals surface area contributed by atoms with Crippen LogP contribution in [0.2, 0.25) is 0 Å². The minimum absolute atomic E-state index is 0.784. The van der Waals surface area contributed by atoms with E-state index in [4.69, 9.17) is 11.5 Å². The summed E-state index contributed by atoms with van der Waals surface area (Å²) >= 11 is 1.55. The van der Waals surface area contributed by atoms with Crippen LogP contribution in [-0.2, 0) is 0 Å². The molecule has 1 aromatic carbocycles. The SMILES string of the molecule is Nc1ccc(-c2csc(N)c2)cc1. The molecule has 2 rings (SSSR count). The molecule has 0 unspecified atom stereocenters. The molecule has 2 nitrogen and oxygen atoms in total. The number of hydrogen-bond acceptors (Lipinski definition) is 3. The summed E-state index contributed by atoms with van der Waals surface area (Å²) in [6, 6.07) is 9.75. The molecule has 1 aromatic heterocycles. The maximum absolute atomic E-state index is 5.64. The lowest BCUT2D eigenvalue weighted by Crippen LogP contribution is -1.82. The Hall–Kier alpha value is -1.48. The van der Waals surface area contributed by atoms with Crippen LogP contribution in [0.3, 0.4) is 0 Å². The first-order valence-electron chi connectivity index (χ1n) is 3.95. The van der Waals surface area contributed by atoms with Gasteiger partial charge < -0.3 is 11.5 Å². The molecule has 0 fully saturated rings. The zero-order valence-corrected chi connectivity index (χ0v) is 7.84. The summed E-state index contributed by atoms with van der Waals surface area (Å²) in [7, 11) is 0. The lowest BCUT2D eigenvalue weighted by molar-refractivity contribution is 1.66. The highest BCUT2D eigenvalue weighted by Crippen LogP contribution is 2.27. The van der Waals surface area contributed by atoms with Gasteiger partial charge in [0, 0.05) is 11.1 Å². The molecule has 0 amide bonds. The third-order valence-corrected chi connectivity index (χ3v) is 2.63. The molecular weight excluding hydrogens is 180 g/mol. The first-order chi connectivity index (χ1) is 6.25. The van der Waals surface area contributed by atoms with Crippen LogP contribution in [0.1, 0.15) is 0 Å². The van der Waals surface area contributed by atoms with Gasteiger partial charge in [-0.05, 0) is 29.3 Å². The second-order valence-electron chi connectivity index (χ2n) is 2.86. The Labute approximate surface area is 80.8 Å². The van der Waals surface area contributed by atoms with Gasteiger partial charge in [-0.1, -0.05) is 12.1 Å². The molecule has 1 heterocycles. The minimum Gasteiger partial charge on any atom is -0.399 e. The molecule has 0 radical (unpaired) electrons. The highest BCUT2D eigenvalue weighted by Gasteiger charge is 1.99. The third-order valence-electron chi connectivity index (χ3n) is 1.86. The van der Waals surface area contributed by atoms with E-state index in [2.05, 4.69) is 0 Å². The van der Waals surface area contributed by atoms with Gasteiger partial charge in [-0.25, -0.2) is 0 Å². The van der Waals surface area contributed by atoms with Gasteiger partial charge in [0.1, 0.15) is 0 Å². The smallest absolute Gasteiger partial charge is 0.0862 e. The predicted molar refractivity (Wildman–Crippen MR) is 58.6 cm³/mol. The van der Waals surface area contributed by atoms with E-state index < -0.39 is 0 Å². The average Bonchev–Trinajstić information content (AvgIpc) is 2.53. The van der Waals surface area contributed by atoms with Crippen LogP contribution >= 0.6 is 11.3 Å². The van der Waals surface area contributed by atoms with Gasteiger partial charge in [0.15, 0.2) is 0 Å². The molecule has 3 heteroatoms. The van der Waals surface area contributed by atoms with Crippen molar-refractivity contribution in [2.24, 2.45) is 0 Å². The Morgan fingerprint density at radius 1 is 0.923 bits per heavy atom. The molecule has 2 aromatic rings. The van der Waals surface area contributed by atoms with Gasteiger partial charge in [-0.2, -0.15) is 0 Å². The molecule has 0 aliphatic carbocycles. The topological polar surface area (TPSA) is 52.0 Å². The second kappa shape index (κ2) is 3.11.